The lowest BCUT2D eigenvalue weighted by atomic mass is 9.96. The summed E-state index contributed by atoms with van der Waals surface area (Å²) in [6.07, 6.45) is 0.728. The Kier molecular flexibility index (Phi) is 4.17. The molecule has 1 heterocycles. The van der Waals surface area contributed by atoms with E-state index in [1.165, 1.54) is 11.5 Å². The lowest BCUT2D eigenvalue weighted by Crippen LogP contribution is -2.34. The lowest BCUT2D eigenvalue weighted by molar-refractivity contribution is 0.0705. The first kappa shape index (κ1) is 14.0. The predicted octanol–water partition coefficient (Wildman–Crippen LogP) is 1.96. The van der Waals surface area contributed by atoms with Crippen LogP contribution in [-0.2, 0) is 13.0 Å². The Morgan fingerprint density at radius 3 is 2.89 bits per heavy atom. The summed E-state index contributed by atoms with van der Waals surface area (Å²) in [5.41, 5.74) is 3.22. The lowest BCUT2D eigenvalue weighted by Gasteiger charge is -2.30. The Morgan fingerprint density at radius 1 is 1.53 bits per heavy atom. The van der Waals surface area contributed by atoms with Gasteiger partial charge in [0.2, 0.25) is 0 Å². The highest BCUT2D eigenvalue weighted by Gasteiger charge is 2.22. The van der Waals surface area contributed by atoms with E-state index in [-0.39, 0.29) is 11.4 Å². The molecule has 0 spiro atoms. The number of rotatable bonds is 3. The quantitative estimate of drug-likeness (QED) is 0.649. The maximum atomic E-state index is 14.1. The van der Waals surface area contributed by atoms with Crippen LogP contribution in [-0.4, -0.2) is 29.1 Å². The molecular formula is C14H19FN2O2. The van der Waals surface area contributed by atoms with Crippen molar-refractivity contribution in [3.63, 3.8) is 0 Å². The van der Waals surface area contributed by atoms with E-state index in [4.69, 9.17) is 5.21 Å². The van der Waals surface area contributed by atoms with Gasteiger partial charge in [-0.1, -0.05) is 13.8 Å². The molecule has 0 unspecified atom stereocenters. The second-order valence-corrected chi connectivity index (χ2v) is 5.42. The molecule has 2 N–H and O–H groups in total. The topological polar surface area (TPSA) is 52.6 Å². The molecule has 104 valence electrons. The smallest absolute Gasteiger partial charge is 0.274 e. The zero-order valence-corrected chi connectivity index (χ0v) is 11.2. The summed E-state index contributed by atoms with van der Waals surface area (Å²) in [7, 11) is 0. The van der Waals surface area contributed by atoms with Gasteiger partial charge >= 0.3 is 0 Å². The first-order valence-electron chi connectivity index (χ1n) is 6.49. The normalized spacial score (nSPS) is 15.4. The molecule has 0 bridgehead atoms. The summed E-state index contributed by atoms with van der Waals surface area (Å²) < 4.78 is 14.1. The summed E-state index contributed by atoms with van der Waals surface area (Å²) in [6.45, 7) is 6.67. The van der Waals surface area contributed by atoms with E-state index in [2.05, 4.69) is 18.7 Å². The number of fused-ring (bicyclic) bond motifs is 1. The minimum Gasteiger partial charge on any atom is -0.298 e. The standard InChI is InChI=1S/C14H19FN2O2/c1-9(2)7-17-4-3-10-5-11(14(18)16-19)6-13(15)12(10)8-17/h5-6,9,19H,3-4,7-8H2,1-2H3,(H,16,18). The highest BCUT2D eigenvalue weighted by molar-refractivity contribution is 5.93. The molecule has 0 saturated carbocycles. The number of benzene rings is 1. The second kappa shape index (κ2) is 5.67. The van der Waals surface area contributed by atoms with Crippen LogP contribution in [0.3, 0.4) is 0 Å². The molecular weight excluding hydrogens is 247 g/mol. The van der Waals surface area contributed by atoms with Crippen molar-refractivity contribution in [1.29, 1.82) is 0 Å². The molecule has 0 saturated heterocycles. The fourth-order valence-electron chi connectivity index (χ4n) is 2.54. The molecule has 0 aromatic heterocycles. The molecule has 0 atom stereocenters. The molecule has 1 amide bonds. The number of halogens is 1. The second-order valence-electron chi connectivity index (χ2n) is 5.42. The number of carbonyl (C=O) groups is 1. The fraction of sp³-hybridized carbons (Fsp3) is 0.500. The number of hydrogen-bond acceptors (Lipinski definition) is 3. The van der Waals surface area contributed by atoms with E-state index in [1.54, 1.807) is 6.07 Å². The first-order valence-corrected chi connectivity index (χ1v) is 6.49. The van der Waals surface area contributed by atoms with E-state index in [0.717, 1.165) is 25.1 Å². The van der Waals surface area contributed by atoms with E-state index >= 15 is 0 Å². The number of hydrogen-bond donors (Lipinski definition) is 2. The molecule has 0 aliphatic carbocycles. The summed E-state index contributed by atoms with van der Waals surface area (Å²) in [5.74, 6) is -0.500. The van der Waals surface area contributed by atoms with Crippen molar-refractivity contribution in [2.75, 3.05) is 13.1 Å². The van der Waals surface area contributed by atoms with Crippen molar-refractivity contribution in [3.05, 3.63) is 34.6 Å². The molecule has 0 fully saturated rings. The molecule has 1 aromatic rings. The van der Waals surface area contributed by atoms with Gasteiger partial charge in [0.15, 0.2) is 0 Å². The molecule has 1 aliphatic rings. The van der Waals surface area contributed by atoms with Gasteiger partial charge in [-0.15, -0.1) is 0 Å². The van der Waals surface area contributed by atoms with Crippen LogP contribution in [0.2, 0.25) is 0 Å². The van der Waals surface area contributed by atoms with Crippen LogP contribution >= 0.6 is 0 Å². The van der Waals surface area contributed by atoms with Crippen LogP contribution in [0.15, 0.2) is 12.1 Å². The largest absolute Gasteiger partial charge is 0.298 e. The molecule has 0 radical (unpaired) electrons. The summed E-state index contributed by atoms with van der Waals surface area (Å²) in [5, 5.41) is 8.59. The van der Waals surface area contributed by atoms with Crippen molar-refractivity contribution >= 4 is 5.91 Å². The minimum absolute atomic E-state index is 0.163. The van der Waals surface area contributed by atoms with Crippen molar-refractivity contribution in [2.24, 2.45) is 5.92 Å². The van der Waals surface area contributed by atoms with Gasteiger partial charge in [0.1, 0.15) is 5.82 Å². The van der Waals surface area contributed by atoms with Crippen LogP contribution in [0.1, 0.15) is 35.3 Å². The Hall–Kier alpha value is -1.46. The van der Waals surface area contributed by atoms with E-state index in [0.29, 0.717) is 18.0 Å². The van der Waals surface area contributed by atoms with E-state index in [1.807, 2.05) is 0 Å². The minimum atomic E-state index is -0.675. The van der Waals surface area contributed by atoms with Crippen LogP contribution < -0.4 is 5.48 Å². The molecule has 4 nitrogen and oxygen atoms in total. The maximum absolute atomic E-state index is 14.1. The van der Waals surface area contributed by atoms with Crippen molar-refractivity contribution in [3.8, 4) is 0 Å². The molecule has 2 rings (SSSR count). The van der Waals surface area contributed by atoms with E-state index in [9.17, 15) is 9.18 Å². The maximum Gasteiger partial charge on any atom is 0.274 e. The number of carbonyl (C=O) groups excluding carboxylic acids is 1. The molecule has 1 aromatic carbocycles. The average molecular weight is 266 g/mol. The predicted molar refractivity (Wildman–Crippen MR) is 69.5 cm³/mol. The number of amides is 1. The third kappa shape index (κ3) is 3.11. The van der Waals surface area contributed by atoms with E-state index < -0.39 is 5.91 Å². The van der Waals surface area contributed by atoms with Gasteiger partial charge in [-0.2, -0.15) is 0 Å². The van der Waals surface area contributed by atoms with Gasteiger partial charge in [0.25, 0.3) is 5.91 Å². The van der Waals surface area contributed by atoms with Crippen LogP contribution in [0.4, 0.5) is 4.39 Å². The Balaban J connectivity index is 2.24. The summed E-state index contributed by atoms with van der Waals surface area (Å²) in [4.78, 5) is 13.5. The van der Waals surface area contributed by atoms with Crippen molar-refractivity contribution in [1.82, 2.24) is 10.4 Å². The molecule has 5 heteroatoms. The van der Waals surface area contributed by atoms with Crippen molar-refractivity contribution < 1.29 is 14.4 Å². The number of hydroxylamine groups is 1. The Bertz CT molecular complexity index is 489. The monoisotopic (exact) mass is 266 g/mol. The first-order chi connectivity index (χ1) is 9.01. The Morgan fingerprint density at radius 2 is 2.26 bits per heavy atom. The fourth-order valence-corrected chi connectivity index (χ4v) is 2.54. The highest BCUT2D eigenvalue weighted by Crippen LogP contribution is 2.24. The Labute approximate surface area is 112 Å². The van der Waals surface area contributed by atoms with Gasteiger partial charge < -0.3 is 0 Å². The molecule has 1 aliphatic heterocycles. The van der Waals surface area contributed by atoms with Gasteiger partial charge in [-0.25, -0.2) is 9.87 Å². The third-order valence-corrected chi connectivity index (χ3v) is 3.35. The average Bonchev–Trinajstić information content (AvgIpc) is 2.37. The third-order valence-electron chi connectivity index (χ3n) is 3.35. The zero-order chi connectivity index (χ0) is 14.0. The summed E-state index contributed by atoms with van der Waals surface area (Å²) >= 11 is 0. The number of nitrogens with zero attached hydrogens (tertiary/aromatic N) is 1. The highest BCUT2D eigenvalue weighted by atomic mass is 19.1. The van der Waals surface area contributed by atoms with Gasteiger partial charge in [0.05, 0.1) is 0 Å². The van der Waals surface area contributed by atoms with Gasteiger partial charge in [-0.3, -0.25) is 14.9 Å². The van der Waals surface area contributed by atoms with Crippen LogP contribution in [0.5, 0.6) is 0 Å². The number of nitrogens with one attached hydrogen (secondary N) is 1. The van der Waals surface area contributed by atoms with Crippen molar-refractivity contribution in [2.45, 2.75) is 26.8 Å². The van der Waals surface area contributed by atoms with Gasteiger partial charge in [0, 0.05) is 30.8 Å². The van der Waals surface area contributed by atoms with Crippen LogP contribution in [0.25, 0.3) is 0 Å². The molecule has 19 heavy (non-hydrogen) atoms. The summed E-state index contributed by atoms with van der Waals surface area (Å²) in [6, 6.07) is 2.85. The van der Waals surface area contributed by atoms with Crippen LogP contribution in [0, 0.1) is 11.7 Å². The van der Waals surface area contributed by atoms with Gasteiger partial charge in [-0.05, 0) is 30.0 Å². The SMILES string of the molecule is CC(C)CN1CCc2cc(C(=O)NO)cc(F)c2C1. The zero-order valence-electron chi connectivity index (χ0n) is 11.2.